The molecule has 0 fully saturated rings. The van der Waals surface area contributed by atoms with Gasteiger partial charge in [-0.15, -0.1) is 11.3 Å². The summed E-state index contributed by atoms with van der Waals surface area (Å²) in [5, 5.41) is 12.2. The molecule has 1 nitrogen and oxygen atoms in total. The minimum absolute atomic E-state index is 0.577. The average Bonchev–Trinajstić information content (AvgIpc) is 2.84. The molecule has 0 saturated carbocycles. The van der Waals surface area contributed by atoms with Crippen molar-refractivity contribution in [2.75, 3.05) is 0 Å². The number of rotatable bonds is 2. The van der Waals surface area contributed by atoms with Crippen LogP contribution in [-0.2, 0) is 0 Å². The third-order valence-corrected chi connectivity index (χ3v) is 4.97. The fourth-order valence-electron chi connectivity index (χ4n) is 2.01. The van der Waals surface area contributed by atoms with E-state index in [2.05, 4.69) is 22.0 Å². The summed E-state index contributed by atoms with van der Waals surface area (Å²) in [6.45, 7) is 0. The summed E-state index contributed by atoms with van der Waals surface area (Å²) in [6.07, 6.45) is -0.692. The molecule has 1 heterocycles. The molecule has 1 aromatic heterocycles. The van der Waals surface area contributed by atoms with Crippen molar-refractivity contribution in [2.24, 2.45) is 0 Å². The third-order valence-electron chi connectivity index (χ3n) is 2.97. The zero-order chi connectivity index (χ0) is 13.4. The van der Waals surface area contributed by atoms with Crippen LogP contribution >= 0.6 is 38.9 Å². The van der Waals surface area contributed by atoms with Gasteiger partial charge < -0.3 is 5.11 Å². The molecule has 0 bridgehead atoms. The van der Waals surface area contributed by atoms with E-state index in [1.807, 2.05) is 36.4 Å². The molecule has 1 N–H and O–H groups in total. The molecular weight excluding hydrogens is 344 g/mol. The molecule has 0 saturated heterocycles. The van der Waals surface area contributed by atoms with Gasteiger partial charge in [-0.05, 0) is 35.7 Å². The van der Waals surface area contributed by atoms with Gasteiger partial charge in [0.15, 0.2) is 0 Å². The molecule has 0 amide bonds. The monoisotopic (exact) mass is 352 g/mol. The van der Waals surface area contributed by atoms with Crippen LogP contribution in [0.15, 0.2) is 53.0 Å². The van der Waals surface area contributed by atoms with E-state index in [-0.39, 0.29) is 0 Å². The van der Waals surface area contributed by atoms with Crippen molar-refractivity contribution in [1.82, 2.24) is 0 Å². The number of fused-ring (bicyclic) bond motifs is 1. The number of thiophene rings is 1. The van der Waals surface area contributed by atoms with Crippen molar-refractivity contribution >= 4 is 49.0 Å². The van der Waals surface area contributed by atoms with Crippen LogP contribution in [0.5, 0.6) is 0 Å². The Morgan fingerprint density at radius 2 is 1.89 bits per heavy atom. The molecule has 0 aliphatic rings. The normalized spacial score (nSPS) is 12.8. The van der Waals surface area contributed by atoms with E-state index < -0.39 is 6.10 Å². The lowest BCUT2D eigenvalue weighted by Gasteiger charge is -2.11. The first-order chi connectivity index (χ1) is 9.15. The molecule has 2 aromatic carbocycles. The summed E-state index contributed by atoms with van der Waals surface area (Å²) in [7, 11) is 0. The number of hydrogen-bond donors (Lipinski definition) is 1. The minimum Gasteiger partial charge on any atom is -0.383 e. The Balaban J connectivity index is 2.07. The van der Waals surface area contributed by atoms with Crippen LogP contribution in [0.1, 0.15) is 16.5 Å². The van der Waals surface area contributed by atoms with Gasteiger partial charge in [0.1, 0.15) is 6.10 Å². The van der Waals surface area contributed by atoms with E-state index >= 15 is 0 Å². The lowest BCUT2D eigenvalue weighted by atomic mass is 10.1. The maximum atomic E-state index is 10.5. The molecule has 3 rings (SSSR count). The predicted molar refractivity (Wildman–Crippen MR) is 85.0 cm³/mol. The van der Waals surface area contributed by atoms with Crippen molar-refractivity contribution in [2.45, 2.75) is 6.10 Å². The molecule has 0 aliphatic carbocycles. The zero-order valence-corrected chi connectivity index (χ0v) is 13.0. The van der Waals surface area contributed by atoms with Gasteiger partial charge in [-0.25, -0.2) is 0 Å². The van der Waals surface area contributed by atoms with E-state index in [4.69, 9.17) is 11.6 Å². The molecular formula is C15H10BrClOS. The summed E-state index contributed by atoms with van der Waals surface area (Å²) in [5.74, 6) is 0. The molecule has 96 valence electrons. The average molecular weight is 354 g/mol. The summed E-state index contributed by atoms with van der Waals surface area (Å²) in [5.41, 5.74) is 0.725. The first-order valence-corrected chi connectivity index (χ1v) is 7.75. The fraction of sp³-hybridized carbons (Fsp3) is 0.0667. The predicted octanol–water partition coefficient (Wildman–Crippen LogP) is 5.40. The van der Waals surface area contributed by atoms with Gasteiger partial charge in [0.2, 0.25) is 0 Å². The quantitative estimate of drug-likeness (QED) is 0.654. The van der Waals surface area contributed by atoms with Crippen molar-refractivity contribution in [3.05, 3.63) is 68.5 Å². The van der Waals surface area contributed by atoms with Gasteiger partial charge in [-0.3, -0.25) is 0 Å². The van der Waals surface area contributed by atoms with E-state index in [1.54, 1.807) is 17.4 Å². The molecule has 19 heavy (non-hydrogen) atoms. The molecule has 0 aliphatic heterocycles. The first-order valence-electron chi connectivity index (χ1n) is 5.76. The van der Waals surface area contributed by atoms with Crippen LogP contribution < -0.4 is 0 Å². The Kier molecular flexibility index (Phi) is 3.63. The van der Waals surface area contributed by atoms with E-state index in [9.17, 15) is 5.11 Å². The molecule has 0 radical (unpaired) electrons. The number of aliphatic hydroxyl groups excluding tert-OH is 1. The summed E-state index contributed by atoms with van der Waals surface area (Å²) in [6, 6.07) is 15.6. The van der Waals surface area contributed by atoms with Crippen molar-refractivity contribution < 1.29 is 5.11 Å². The van der Waals surface area contributed by atoms with Gasteiger partial charge in [0.05, 0.1) is 0 Å². The van der Waals surface area contributed by atoms with Gasteiger partial charge in [-0.1, -0.05) is 45.7 Å². The number of hydrogen-bond acceptors (Lipinski definition) is 2. The number of benzene rings is 2. The minimum atomic E-state index is -0.692. The van der Waals surface area contributed by atoms with Crippen LogP contribution in [0.2, 0.25) is 5.02 Å². The van der Waals surface area contributed by atoms with Crippen LogP contribution in [0.3, 0.4) is 0 Å². The van der Waals surface area contributed by atoms with Crippen molar-refractivity contribution in [1.29, 1.82) is 0 Å². The Hall–Kier alpha value is -0.870. The molecule has 4 heteroatoms. The summed E-state index contributed by atoms with van der Waals surface area (Å²) in [4.78, 5) is 0.904. The van der Waals surface area contributed by atoms with Crippen LogP contribution in [0, 0.1) is 0 Å². The van der Waals surface area contributed by atoms with Crippen LogP contribution in [0.4, 0.5) is 0 Å². The smallest absolute Gasteiger partial charge is 0.115 e. The standard InChI is InChI=1S/C15H10BrClOS/c16-10-5-6-12(17)11(8-10)15(18)14-7-9-3-1-2-4-13(9)19-14/h1-8,15,18H/t15-/m1/s1. The topological polar surface area (TPSA) is 20.2 Å². The van der Waals surface area contributed by atoms with Gasteiger partial charge >= 0.3 is 0 Å². The maximum absolute atomic E-state index is 10.5. The first kappa shape index (κ1) is 13.1. The highest BCUT2D eigenvalue weighted by Crippen LogP contribution is 2.36. The highest BCUT2D eigenvalue weighted by Gasteiger charge is 2.16. The van der Waals surface area contributed by atoms with Crippen molar-refractivity contribution in [3.8, 4) is 0 Å². The second-order valence-electron chi connectivity index (χ2n) is 4.25. The number of aliphatic hydroxyl groups is 1. The molecule has 0 unspecified atom stereocenters. The highest BCUT2D eigenvalue weighted by atomic mass is 79.9. The van der Waals surface area contributed by atoms with E-state index in [1.165, 1.54) is 4.70 Å². The Morgan fingerprint density at radius 1 is 1.11 bits per heavy atom. The zero-order valence-electron chi connectivity index (χ0n) is 9.81. The second-order valence-corrected chi connectivity index (χ2v) is 6.69. The molecule has 1 atom stereocenters. The largest absolute Gasteiger partial charge is 0.383 e. The molecule has 3 aromatic rings. The van der Waals surface area contributed by atoms with Crippen molar-refractivity contribution in [3.63, 3.8) is 0 Å². The summed E-state index contributed by atoms with van der Waals surface area (Å²) >= 11 is 11.2. The van der Waals surface area contributed by atoms with Gasteiger partial charge in [-0.2, -0.15) is 0 Å². The van der Waals surface area contributed by atoms with Crippen LogP contribution in [0.25, 0.3) is 10.1 Å². The fourth-order valence-corrected chi connectivity index (χ4v) is 3.68. The van der Waals surface area contributed by atoms with Gasteiger partial charge in [0, 0.05) is 24.6 Å². The SMILES string of the molecule is O[C@@H](c1cc2ccccc2s1)c1cc(Br)ccc1Cl. The Morgan fingerprint density at radius 3 is 2.68 bits per heavy atom. The van der Waals surface area contributed by atoms with Gasteiger partial charge in [0.25, 0.3) is 0 Å². The van der Waals surface area contributed by atoms with E-state index in [0.29, 0.717) is 5.02 Å². The second kappa shape index (κ2) is 5.25. The maximum Gasteiger partial charge on any atom is 0.115 e. The highest BCUT2D eigenvalue weighted by molar-refractivity contribution is 9.10. The van der Waals surface area contributed by atoms with Crippen LogP contribution in [-0.4, -0.2) is 5.11 Å². The Labute approximate surface area is 128 Å². The third kappa shape index (κ3) is 2.56. The summed E-state index contributed by atoms with van der Waals surface area (Å²) < 4.78 is 2.08. The lowest BCUT2D eigenvalue weighted by Crippen LogP contribution is -1.97. The van der Waals surface area contributed by atoms with E-state index in [0.717, 1.165) is 20.3 Å². The Bertz CT molecular complexity index is 705. The lowest BCUT2D eigenvalue weighted by molar-refractivity contribution is 0.224. The number of halogens is 2. The molecule has 0 spiro atoms.